The average molecular weight is 277 g/mol. The summed E-state index contributed by atoms with van der Waals surface area (Å²) in [6.07, 6.45) is 0.813. The van der Waals surface area contributed by atoms with Crippen LogP contribution in [-0.4, -0.2) is 22.7 Å². The molecule has 0 saturated carbocycles. The molecule has 0 atom stereocenters. The van der Waals surface area contributed by atoms with Crippen molar-refractivity contribution in [3.05, 3.63) is 34.8 Å². The van der Waals surface area contributed by atoms with Crippen molar-refractivity contribution in [2.75, 3.05) is 11.9 Å². The zero-order valence-electron chi connectivity index (χ0n) is 10.8. The average Bonchev–Trinajstić information content (AvgIpc) is 2.87. The van der Waals surface area contributed by atoms with Gasteiger partial charge in [-0.2, -0.15) is 0 Å². The second-order valence-corrected chi connectivity index (χ2v) is 4.83. The van der Waals surface area contributed by atoms with Crippen molar-refractivity contribution in [2.24, 2.45) is 0 Å². The van der Waals surface area contributed by atoms with Gasteiger partial charge in [-0.15, -0.1) is 10.2 Å². The molecule has 0 saturated heterocycles. The maximum Gasteiger partial charge on any atom is 0.257 e. The summed E-state index contributed by atoms with van der Waals surface area (Å²) in [6, 6.07) is 7.05. The van der Waals surface area contributed by atoms with E-state index in [0.717, 1.165) is 11.4 Å². The first-order chi connectivity index (χ1) is 9.22. The molecule has 0 spiro atoms. The van der Waals surface area contributed by atoms with Gasteiger partial charge in [0.05, 0.1) is 6.61 Å². The van der Waals surface area contributed by atoms with Gasteiger partial charge in [-0.3, -0.25) is 10.1 Å². The highest BCUT2D eigenvalue weighted by molar-refractivity contribution is 7.15. The third kappa shape index (κ3) is 3.51. The van der Waals surface area contributed by atoms with E-state index in [1.165, 1.54) is 11.3 Å². The minimum absolute atomic E-state index is 0.208. The van der Waals surface area contributed by atoms with Crippen molar-refractivity contribution < 1.29 is 9.53 Å². The van der Waals surface area contributed by atoms with Crippen molar-refractivity contribution in [1.82, 2.24) is 10.2 Å². The zero-order chi connectivity index (χ0) is 13.7. The highest BCUT2D eigenvalue weighted by Gasteiger charge is 2.10. The van der Waals surface area contributed by atoms with Crippen molar-refractivity contribution in [2.45, 2.75) is 20.3 Å². The van der Waals surface area contributed by atoms with Crippen LogP contribution in [0.3, 0.4) is 0 Å². The van der Waals surface area contributed by atoms with E-state index >= 15 is 0 Å². The van der Waals surface area contributed by atoms with Gasteiger partial charge in [0, 0.05) is 5.56 Å². The maximum atomic E-state index is 12.0. The molecule has 0 unspecified atom stereocenters. The Kier molecular flexibility index (Phi) is 4.46. The van der Waals surface area contributed by atoms with E-state index in [0.29, 0.717) is 23.1 Å². The fourth-order valence-electron chi connectivity index (χ4n) is 1.51. The summed E-state index contributed by atoms with van der Waals surface area (Å²) in [6.45, 7) is 4.47. The number of nitrogens with one attached hydrogen (secondary N) is 1. The summed E-state index contributed by atoms with van der Waals surface area (Å²) in [4.78, 5) is 12.0. The summed E-state index contributed by atoms with van der Waals surface area (Å²) >= 11 is 1.38. The fourth-order valence-corrected chi connectivity index (χ4v) is 2.18. The summed E-state index contributed by atoms with van der Waals surface area (Å²) < 4.78 is 5.36. The Morgan fingerprint density at radius 1 is 1.37 bits per heavy atom. The van der Waals surface area contributed by atoms with Crippen LogP contribution in [0.15, 0.2) is 24.3 Å². The lowest BCUT2D eigenvalue weighted by Gasteiger charge is -2.05. The van der Waals surface area contributed by atoms with E-state index in [1.807, 2.05) is 19.9 Å². The first kappa shape index (κ1) is 13.5. The van der Waals surface area contributed by atoms with E-state index in [1.54, 1.807) is 18.2 Å². The number of ether oxygens (including phenoxy) is 1. The first-order valence-corrected chi connectivity index (χ1v) is 6.91. The summed E-state index contributed by atoms with van der Waals surface area (Å²) in [7, 11) is 0. The predicted octanol–water partition coefficient (Wildman–Crippen LogP) is 2.75. The number of carbonyl (C=O) groups is 1. The lowest BCUT2D eigenvalue weighted by atomic mass is 10.2. The Bertz CT molecular complexity index is 569. The van der Waals surface area contributed by atoms with Crippen LogP contribution in [0.25, 0.3) is 0 Å². The largest absolute Gasteiger partial charge is 0.494 e. The van der Waals surface area contributed by atoms with Crippen LogP contribution >= 0.6 is 11.3 Å². The smallest absolute Gasteiger partial charge is 0.257 e. The Morgan fingerprint density at radius 3 is 2.89 bits per heavy atom. The Morgan fingerprint density at radius 2 is 2.21 bits per heavy atom. The Hall–Kier alpha value is -1.95. The second kappa shape index (κ2) is 6.29. The lowest BCUT2D eigenvalue weighted by molar-refractivity contribution is 0.102. The molecule has 1 amide bonds. The number of hydrogen-bond acceptors (Lipinski definition) is 5. The number of anilines is 1. The van der Waals surface area contributed by atoms with Gasteiger partial charge in [0.2, 0.25) is 5.13 Å². The van der Waals surface area contributed by atoms with Crippen LogP contribution in [0.4, 0.5) is 5.13 Å². The Labute approximate surface area is 115 Å². The normalized spacial score (nSPS) is 10.2. The number of benzene rings is 1. The molecule has 100 valence electrons. The second-order valence-electron chi connectivity index (χ2n) is 3.77. The van der Waals surface area contributed by atoms with Crippen molar-refractivity contribution >= 4 is 22.4 Å². The van der Waals surface area contributed by atoms with E-state index in [9.17, 15) is 4.79 Å². The number of rotatable bonds is 5. The van der Waals surface area contributed by atoms with Gasteiger partial charge < -0.3 is 4.74 Å². The van der Waals surface area contributed by atoms with Crippen LogP contribution in [-0.2, 0) is 6.42 Å². The molecule has 0 aliphatic rings. The van der Waals surface area contributed by atoms with E-state index < -0.39 is 0 Å². The van der Waals surface area contributed by atoms with Crippen LogP contribution in [0.1, 0.15) is 29.2 Å². The highest BCUT2D eigenvalue weighted by atomic mass is 32.1. The molecule has 0 aliphatic carbocycles. The van der Waals surface area contributed by atoms with Gasteiger partial charge in [0.1, 0.15) is 10.8 Å². The maximum absolute atomic E-state index is 12.0. The molecule has 1 aromatic carbocycles. The number of hydrogen-bond donors (Lipinski definition) is 1. The highest BCUT2D eigenvalue weighted by Crippen LogP contribution is 2.18. The van der Waals surface area contributed by atoms with Crippen LogP contribution in [0.2, 0.25) is 0 Å². The lowest BCUT2D eigenvalue weighted by Crippen LogP contribution is -2.11. The number of aromatic nitrogens is 2. The molecule has 2 aromatic rings. The zero-order valence-corrected chi connectivity index (χ0v) is 11.7. The van der Waals surface area contributed by atoms with Gasteiger partial charge >= 0.3 is 0 Å². The van der Waals surface area contributed by atoms with E-state index in [2.05, 4.69) is 15.5 Å². The molecule has 0 fully saturated rings. The van der Waals surface area contributed by atoms with Crippen LogP contribution in [0.5, 0.6) is 5.75 Å². The molecule has 0 bridgehead atoms. The molecule has 0 aliphatic heterocycles. The molecule has 1 heterocycles. The van der Waals surface area contributed by atoms with Gasteiger partial charge in [0.15, 0.2) is 0 Å². The summed E-state index contributed by atoms with van der Waals surface area (Å²) in [5.74, 6) is 0.474. The first-order valence-electron chi connectivity index (χ1n) is 6.09. The van der Waals surface area contributed by atoms with E-state index in [-0.39, 0.29) is 5.91 Å². The number of carbonyl (C=O) groups excluding carboxylic acids is 1. The standard InChI is InChI=1S/C13H15N3O2S/c1-3-11-15-16-13(19-11)14-12(17)9-6-5-7-10(8-9)18-4-2/h5-8H,3-4H2,1-2H3,(H,14,16,17). The predicted molar refractivity (Wildman–Crippen MR) is 74.9 cm³/mol. The van der Waals surface area contributed by atoms with Crippen molar-refractivity contribution in [1.29, 1.82) is 0 Å². The van der Waals surface area contributed by atoms with Gasteiger partial charge in [-0.05, 0) is 31.5 Å². The molecule has 5 nitrogen and oxygen atoms in total. The minimum Gasteiger partial charge on any atom is -0.494 e. The van der Waals surface area contributed by atoms with Gasteiger partial charge in [0.25, 0.3) is 5.91 Å². The SMILES string of the molecule is CCOc1cccc(C(=O)Nc2nnc(CC)s2)c1. The summed E-state index contributed by atoms with van der Waals surface area (Å²) in [5, 5.41) is 12.0. The van der Waals surface area contributed by atoms with Crippen molar-refractivity contribution in [3.63, 3.8) is 0 Å². The monoisotopic (exact) mass is 277 g/mol. The molecule has 1 N–H and O–H groups in total. The van der Waals surface area contributed by atoms with Crippen LogP contribution in [0, 0.1) is 0 Å². The number of aryl methyl sites for hydroxylation is 1. The molecule has 19 heavy (non-hydrogen) atoms. The summed E-state index contributed by atoms with van der Waals surface area (Å²) in [5.41, 5.74) is 0.541. The number of nitrogens with zero attached hydrogens (tertiary/aromatic N) is 2. The molecule has 1 aromatic heterocycles. The van der Waals surface area contributed by atoms with Gasteiger partial charge in [-0.25, -0.2) is 0 Å². The van der Waals surface area contributed by atoms with Gasteiger partial charge in [-0.1, -0.05) is 24.3 Å². The minimum atomic E-state index is -0.208. The topological polar surface area (TPSA) is 64.1 Å². The third-order valence-corrected chi connectivity index (χ3v) is 3.38. The van der Waals surface area contributed by atoms with Crippen molar-refractivity contribution in [3.8, 4) is 5.75 Å². The third-order valence-electron chi connectivity index (χ3n) is 2.40. The molecular weight excluding hydrogens is 262 g/mol. The van der Waals surface area contributed by atoms with Crippen LogP contribution < -0.4 is 10.1 Å². The number of amides is 1. The van der Waals surface area contributed by atoms with E-state index in [4.69, 9.17) is 4.74 Å². The fraction of sp³-hybridized carbons (Fsp3) is 0.308. The molecule has 0 radical (unpaired) electrons. The Balaban J connectivity index is 2.08. The quantitative estimate of drug-likeness (QED) is 0.912. The molecular formula is C13H15N3O2S. The molecule has 2 rings (SSSR count). The molecule has 6 heteroatoms.